The molecule has 0 saturated carbocycles. The number of nitrogens with one attached hydrogen (secondary N) is 2. The third-order valence-electron chi connectivity index (χ3n) is 4.96. The van der Waals surface area contributed by atoms with E-state index in [1.54, 1.807) is 55.5 Å². The summed E-state index contributed by atoms with van der Waals surface area (Å²) >= 11 is 5.90. The summed E-state index contributed by atoms with van der Waals surface area (Å²) in [5.74, 6) is -1.32. The second-order valence-electron chi connectivity index (χ2n) is 7.23. The van der Waals surface area contributed by atoms with E-state index < -0.39 is 23.9 Å². The van der Waals surface area contributed by atoms with Crippen LogP contribution < -0.4 is 15.4 Å². The lowest BCUT2D eigenvalue weighted by molar-refractivity contribution is -0.145. The zero-order valence-corrected chi connectivity index (χ0v) is 18.3. The lowest BCUT2D eigenvalue weighted by atomic mass is 9.95. The van der Waals surface area contributed by atoms with Crippen molar-refractivity contribution in [1.82, 2.24) is 14.8 Å². The van der Waals surface area contributed by atoms with Crippen LogP contribution in [0.25, 0.3) is 0 Å². The van der Waals surface area contributed by atoms with Crippen LogP contribution in [0.15, 0.2) is 59.8 Å². The highest BCUT2D eigenvalue weighted by atomic mass is 35.5. The average Bonchev–Trinajstić information content (AvgIpc) is 3.19. The van der Waals surface area contributed by atoms with Gasteiger partial charge in [-0.05, 0) is 55.8 Å². The highest BCUT2D eigenvalue weighted by Crippen LogP contribution is 2.38. The molecule has 0 radical (unpaired) electrons. The Labute approximate surface area is 192 Å². The number of benzene rings is 2. The molecule has 1 aliphatic rings. The summed E-state index contributed by atoms with van der Waals surface area (Å²) in [7, 11) is 0. The van der Waals surface area contributed by atoms with E-state index in [2.05, 4.69) is 20.7 Å². The van der Waals surface area contributed by atoms with Crippen LogP contribution >= 0.6 is 11.6 Å². The Morgan fingerprint density at radius 2 is 1.85 bits per heavy atom. The fraction of sp³-hybridized carbons (Fsp3) is 0.227. The van der Waals surface area contributed by atoms with Gasteiger partial charge in [0.25, 0.3) is 11.7 Å². The summed E-state index contributed by atoms with van der Waals surface area (Å²) in [6.07, 6.45) is -4.74. The minimum atomic E-state index is -4.74. The van der Waals surface area contributed by atoms with Crippen molar-refractivity contribution < 1.29 is 22.7 Å². The van der Waals surface area contributed by atoms with Crippen LogP contribution in [0.3, 0.4) is 0 Å². The number of nitrogens with zero attached hydrogens (tertiary/aromatic N) is 3. The van der Waals surface area contributed by atoms with Gasteiger partial charge in [0, 0.05) is 16.4 Å². The maximum Gasteiger partial charge on any atom is 0.453 e. The molecular weight excluding hydrogens is 459 g/mol. The quantitative estimate of drug-likeness (QED) is 0.523. The zero-order chi connectivity index (χ0) is 23.8. The second kappa shape index (κ2) is 8.78. The van der Waals surface area contributed by atoms with E-state index in [1.807, 2.05) is 6.92 Å². The van der Waals surface area contributed by atoms with E-state index in [0.29, 0.717) is 34.3 Å². The lowest BCUT2D eigenvalue weighted by Gasteiger charge is -2.28. The van der Waals surface area contributed by atoms with Gasteiger partial charge in [0.1, 0.15) is 11.8 Å². The van der Waals surface area contributed by atoms with Crippen molar-refractivity contribution in [3.05, 3.63) is 76.2 Å². The molecule has 0 aliphatic carbocycles. The van der Waals surface area contributed by atoms with Gasteiger partial charge in [-0.15, -0.1) is 5.10 Å². The Balaban J connectivity index is 1.78. The topological polar surface area (TPSA) is 81.1 Å². The van der Waals surface area contributed by atoms with Crippen molar-refractivity contribution in [3.8, 4) is 5.75 Å². The fourth-order valence-electron chi connectivity index (χ4n) is 3.52. The number of aromatic nitrogens is 3. The molecule has 1 amide bonds. The van der Waals surface area contributed by atoms with Crippen LogP contribution in [-0.2, 0) is 11.0 Å². The molecule has 0 fully saturated rings. The summed E-state index contributed by atoms with van der Waals surface area (Å²) in [5, 5.41) is 9.72. The number of amides is 1. The van der Waals surface area contributed by atoms with Crippen molar-refractivity contribution in [2.75, 3.05) is 17.2 Å². The minimum absolute atomic E-state index is 0.109. The summed E-state index contributed by atoms with van der Waals surface area (Å²) in [5.41, 5.74) is 1.57. The summed E-state index contributed by atoms with van der Waals surface area (Å²) < 4.78 is 46.5. The van der Waals surface area contributed by atoms with Gasteiger partial charge in [-0.2, -0.15) is 18.2 Å². The van der Waals surface area contributed by atoms with Crippen molar-refractivity contribution >= 4 is 29.1 Å². The number of alkyl halides is 3. The molecule has 3 aromatic rings. The number of anilines is 2. The number of carbonyl (C=O) groups excluding carboxylic acids is 1. The molecule has 4 rings (SSSR count). The lowest BCUT2D eigenvalue weighted by Crippen LogP contribution is -2.31. The highest BCUT2D eigenvalue weighted by Gasteiger charge is 2.41. The third kappa shape index (κ3) is 4.65. The van der Waals surface area contributed by atoms with Gasteiger partial charge in [-0.25, -0.2) is 4.68 Å². The first-order chi connectivity index (χ1) is 15.7. The van der Waals surface area contributed by atoms with Crippen molar-refractivity contribution in [2.45, 2.75) is 26.1 Å². The van der Waals surface area contributed by atoms with E-state index in [9.17, 15) is 18.0 Å². The normalized spacial score (nSPS) is 15.6. The number of hydrogen-bond donors (Lipinski definition) is 2. The van der Waals surface area contributed by atoms with Gasteiger partial charge in [0.05, 0.1) is 12.2 Å². The number of allylic oxidation sites excluding steroid dienone is 1. The van der Waals surface area contributed by atoms with Crippen LogP contribution in [0, 0.1) is 0 Å². The van der Waals surface area contributed by atoms with Crippen LogP contribution in [-0.4, -0.2) is 27.3 Å². The zero-order valence-electron chi connectivity index (χ0n) is 17.6. The molecule has 11 heteroatoms. The maximum atomic E-state index is 13.3. The first kappa shape index (κ1) is 22.7. The predicted octanol–water partition coefficient (Wildman–Crippen LogP) is 5.28. The molecular formula is C22H19ClF3N5O2. The first-order valence-electron chi connectivity index (χ1n) is 9.98. The number of halogens is 4. The smallest absolute Gasteiger partial charge is 0.453 e. The third-order valence-corrected chi connectivity index (χ3v) is 5.21. The first-order valence-corrected chi connectivity index (χ1v) is 10.4. The number of hydrogen-bond acceptors (Lipinski definition) is 5. The number of ether oxygens (including phenoxy) is 1. The Bertz CT molecular complexity index is 1200. The van der Waals surface area contributed by atoms with Gasteiger partial charge < -0.3 is 15.4 Å². The Morgan fingerprint density at radius 3 is 2.45 bits per heavy atom. The van der Waals surface area contributed by atoms with Crippen molar-refractivity contribution in [1.29, 1.82) is 0 Å². The molecule has 1 atom stereocenters. The van der Waals surface area contributed by atoms with Gasteiger partial charge in [-0.1, -0.05) is 23.7 Å². The Kier molecular flexibility index (Phi) is 6.03. The molecule has 2 N–H and O–H groups in total. The van der Waals surface area contributed by atoms with E-state index in [0.717, 1.165) is 4.68 Å². The highest BCUT2D eigenvalue weighted by molar-refractivity contribution is 6.30. The molecule has 2 aromatic carbocycles. The number of rotatable bonds is 5. The largest absolute Gasteiger partial charge is 0.494 e. The van der Waals surface area contributed by atoms with Crippen molar-refractivity contribution in [3.63, 3.8) is 0 Å². The molecule has 0 saturated heterocycles. The monoisotopic (exact) mass is 477 g/mol. The molecule has 2 heterocycles. The maximum absolute atomic E-state index is 13.3. The van der Waals surface area contributed by atoms with Gasteiger partial charge >= 0.3 is 6.18 Å². The predicted molar refractivity (Wildman–Crippen MR) is 117 cm³/mol. The SMILES string of the molecule is CCOc1ccc([C@H]2C(C(=O)Nc3ccc(Cl)cc3)=C(C)Nc3nc(C(F)(F)F)nn32)cc1. The molecule has 172 valence electrons. The standard InChI is InChI=1S/C22H19ClF3N5O2/c1-3-33-16-10-4-13(5-11-16)18-17(19(32)28-15-8-6-14(23)7-9-15)12(2)27-21-29-20(22(24,25)26)30-31(18)21/h4-11,18H,3H2,1-2H3,(H,28,32)(H,27,29,30)/t18-/m0/s1. The van der Waals surface area contributed by atoms with Crippen LogP contribution in [0.1, 0.15) is 31.3 Å². The van der Waals surface area contributed by atoms with E-state index in [1.165, 1.54) is 0 Å². The summed E-state index contributed by atoms with van der Waals surface area (Å²) in [6, 6.07) is 12.3. The molecule has 0 bridgehead atoms. The number of carbonyl (C=O) groups is 1. The van der Waals surface area contributed by atoms with Gasteiger partial charge in [0.2, 0.25) is 5.95 Å². The van der Waals surface area contributed by atoms with Crippen LogP contribution in [0.5, 0.6) is 5.75 Å². The number of fused-ring (bicyclic) bond motifs is 1. The fourth-order valence-corrected chi connectivity index (χ4v) is 3.64. The Hall–Kier alpha value is -3.53. The molecule has 1 aromatic heterocycles. The molecule has 33 heavy (non-hydrogen) atoms. The second-order valence-corrected chi connectivity index (χ2v) is 7.67. The van der Waals surface area contributed by atoms with E-state index in [-0.39, 0.29) is 11.5 Å². The molecule has 0 spiro atoms. The van der Waals surface area contributed by atoms with Crippen molar-refractivity contribution in [2.24, 2.45) is 0 Å². The van der Waals surface area contributed by atoms with Crippen LogP contribution in [0.2, 0.25) is 5.02 Å². The summed E-state index contributed by atoms with van der Waals surface area (Å²) in [6.45, 7) is 3.90. The van der Waals surface area contributed by atoms with Gasteiger partial charge in [0.15, 0.2) is 0 Å². The van der Waals surface area contributed by atoms with Gasteiger partial charge in [-0.3, -0.25) is 4.79 Å². The Morgan fingerprint density at radius 1 is 1.18 bits per heavy atom. The molecule has 1 aliphatic heterocycles. The summed E-state index contributed by atoms with van der Waals surface area (Å²) in [4.78, 5) is 16.9. The molecule has 7 nitrogen and oxygen atoms in total. The van der Waals surface area contributed by atoms with E-state index in [4.69, 9.17) is 16.3 Å². The average molecular weight is 478 g/mol. The van der Waals surface area contributed by atoms with Crippen LogP contribution in [0.4, 0.5) is 24.8 Å². The van der Waals surface area contributed by atoms with E-state index >= 15 is 0 Å². The molecule has 0 unspecified atom stereocenters. The minimum Gasteiger partial charge on any atom is -0.494 e.